The van der Waals surface area contributed by atoms with E-state index in [1.165, 1.54) is 55.4 Å². The number of aryl methyl sites for hydroxylation is 1. The number of hydrogen-bond donors (Lipinski definition) is 0. The van der Waals surface area contributed by atoms with E-state index in [2.05, 4.69) is 10.1 Å². The van der Waals surface area contributed by atoms with Crippen LogP contribution in [-0.4, -0.2) is 41.9 Å². The van der Waals surface area contributed by atoms with Gasteiger partial charge in [-0.2, -0.15) is 9.61 Å². The van der Waals surface area contributed by atoms with Crippen LogP contribution < -0.4 is 19.8 Å². The molecule has 0 aliphatic rings. The van der Waals surface area contributed by atoms with E-state index in [9.17, 15) is 9.59 Å². The Hall–Kier alpha value is -3.14. The van der Waals surface area contributed by atoms with E-state index >= 15 is 0 Å². The van der Waals surface area contributed by atoms with Crippen LogP contribution in [0.1, 0.15) is 28.0 Å². The Morgan fingerprint density at radius 2 is 1.75 bits per heavy atom. The van der Waals surface area contributed by atoms with Crippen molar-refractivity contribution in [2.45, 2.75) is 20.0 Å². The molecule has 2 aromatic heterocycles. The van der Waals surface area contributed by atoms with Crippen molar-refractivity contribution in [2.75, 3.05) is 21.3 Å². The van der Waals surface area contributed by atoms with Crippen LogP contribution in [0.5, 0.6) is 17.2 Å². The van der Waals surface area contributed by atoms with Gasteiger partial charge in [-0.15, -0.1) is 0 Å². The lowest BCUT2D eigenvalue weighted by Crippen LogP contribution is -2.17. The van der Waals surface area contributed by atoms with Crippen LogP contribution in [-0.2, 0) is 17.8 Å². The van der Waals surface area contributed by atoms with Gasteiger partial charge in [0.2, 0.25) is 4.96 Å². The molecule has 0 amide bonds. The summed E-state index contributed by atoms with van der Waals surface area (Å²) < 4.78 is 22.2. The number of esters is 1. The highest BCUT2D eigenvalue weighted by Gasteiger charge is 2.19. The summed E-state index contributed by atoms with van der Waals surface area (Å²) >= 11 is 1.32. The number of hydrogen-bond acceptors (Lipinski definition) is 9. The molecular weight excluding hydrogens is 386 g/mol. The lowest BCUT2D eigenvalue weighted by Gasteiger charge is -2.13. The van der Waals surface area contributed by atoms with Crippen LogP contribution in [0, 0.1) is 0 Å². The predicted molar refractivity (Wildman–Crippen MR) is 102 cm³/mol. The fraction of sp³-hybridized carbons (Fsp3) is 0.333. The minimum absolute atomic E-state index is 0.165. The molecule has 0 saturated heterocycles. The van der Waals surface area contributed by atoms with Gasteiger partial charge >= 0.3 is 5.97 Å². The molecule has 2 heterocycles. The van der Waals surface area contributed by atoms with Gasteiger partial charge in [0.25, 0.3) is 5.56 Å². The van der Waals surface area contributed by atoms with Crippen LogP contribution in [0.3, 0.4) is 0 Å². The van der Waals surface area contributed by atoms with Gasteiger partial charge in [-0.05, 0) is 6.42 Å². The lowest BCUT2D eigenvalue weighted by atomic mass is 10.1. The zero-order chi connectivity index (χ0) is 20.3. The zero-order valence-corrected chi connectivity index (χ0v) is 16.7. The highest BCUT2D eigenvalue weighted by atomic mass is 32.1. The summed E-state index contributed by atoms with van der Waals surface area (Å²) in [4.78, 5) is 29.5. The van der Waals surface area contributed by atoms with E-state index in [0.29, 0.717) is 28.6 Å². The van der Waals surface area contributed by atoms with Crippen molar-refractivity contribution in [1.29, 1.82) is 0 Å². The number of ether oxygens (including phenoxy) is 4. The molecule has 0 spiro atoms. The molecule has 28 heavy (non-hydrogen) atoms. The summed E-state index contributed by atoms with van der Waals surface area (Å²) in [7, 11) is 4.38. The highest BCUT2D eigenvalue weighted by Crippen LogP contribution is 2.35. The summed E-state index contributed by atoms with van der Waals surface area (Å²) in [5.74, 6) is 0.428. The summed E-state index contributed by atoms with van der Waals surface area (Å²) in [6.45, 7) is 1.78. The second kappa shape index (κ2) is 8.26. The average molecular weight is 405 g/mol. The number of carbonyl (C=O) groups excluding carboxylic acids is 1. The Labute approximate surface area is 164 Å². The van der Waals surface area contributed by atoms with E-state index in [1.54, 1.807) is 0 Å². The van der Waals surface area contributed by atoms with Crippen molar-refractivity contribution in [3.8, 4) is 17.2 Å². The minimum Gasteiger partial charge on any atom is -0.496 e. The van der Waals surface area contributed by atoms with Gasteiger partial charge in [-0.3, -0.25) is 4.79 Å². The van der Waals surface area contributed by atoms with E-state index in [0.717, 1.165) is 5.01 Å². The smallest absolute Gasteiger partial charge is 0.342 e. The first-order valence-electron chi connectivity index (χ1n) is 8.36. The molecule has 0 aliphatic heterocycles. The maximum Gasteiger partial charge on any atom is 0.342 e. The number of rotatable bonds is 7. The summed E-state index contributed by atoms with van der Waals surface area (Å²) in [6.07, 6.45) is 0.705. The molecule has 148 valence electrons. The number of aromatic nitrogens is 3. The van der Waals surface area contributed by atoms with Crippen molar-refractivity contribution < 1.29 is 23.7 Å². The summed E-state index contributed by atoms with van der Waals surface area (Å²) in [6, 6.07) is 4.31. The maximum absolute atomic E-state index is 12.5. The standard InChI is InChI=1S/C18H19N3O6S/c1-5-15-20-21-16(22)6-10(19-18(21)28-15)9-27-17(23)11-7-13(25-3)14(26-4)8-12(11)24-2/h6-8H,5,9H2,1-4H3. The average Bonchev–Trinajstić information content (AvgIpc) is 3.14. The third-order valence-electron chi connectivity index (χ3n) is 3.92. The summed E-state index contributed by atoms with van der Waals surface area (Å²) in [5.41, 5.74) is 0.184. The first kappa shape index (κ1) is 19.6. The lowest BCUT2D eigenvalue weighted by molar-refractivity contribution is 0.0463. The Morgan fingerprint density at radius 3 is 2.39 bits per heavy atom. The molecule has 3 aromatic rings. The fourth-order valence-corrected chi connectivity index (χ4v) is 3.38. The summed E-state index contributed by atoms with van der Waals surface area (Å²) in [5, 5.41) is 4.98. The van der Waals surface area contributed by atoms with Crippen molar-refractivity contribution in [2.24, 2.45) is 0 Å². The fourth-order valence-electron chi connectivity index (χ4n) is 2.52. The first-order chi connectivity index (χ1) is 13.5. The zero-order valence-electron chi connectivity index (χ0n) is 15.8. The molecule has 0 N–H and O–H groups in total. The van der Waals surface area contributed by atoms with Crippen LogP contribution in [0.25, 0.3) is 4.96 Å². The third kappa shape index (κ3) is 3.77. The largest absolute Gasteiger partial charge is 0.496 e. The normalized spacial score (nSPS) is 10.7. The number of methoxy groups -OCH3 is 3. The van der Waals surface area contributed by atoms with Crippen molar-refractivity contribution in [1.82, 2.24) is 14.6 Å². The maximum atomic E-state index is 12.5. The topological polar surface area (TPSA) is 101 Å². The van der Waals surface area contributed by atoms with E-state index in [4.69, 9.17) is 18.9 Å². The van der Waals surface area contributed by atoms with Gasteiger partial charge in [0.1, 0.15) is 22.9 Å². The molecule has 0 fully saturated rings. The second-order valence-electron chi connectivity index (χ2n) is 5.61. The molecule has 0 unspecified atom stereocenters. The van der Waals surface area contributed by atoms with Crippen molar-refractivity contribution >= 4 is 22.3 Å². The molecule has 0 atom stereocenters. The second-order valence-corrected chi connectivity index (χ2v) is 6.65. The van der Waals surface area contributed by atoms with Gasteiger partial charge in [-0.25, -0.2) is 9.78 Å². The van der Waals surface area contributed by atoms with Gasteiger partial charge < -0.3 is 18.9 Å². The molecule has 0 saturated carbocycles. The highest BCUT2D eigenvalue weighted by molar-refractivity contribution is 7.16. The Balaban J connectivity index is 1.84. The minimum atomic E-state index is -0.640. The molecule has 9 nitrogen and oxygen atoms in total. The molecule has 1 aromatic carbocycles. The Morgan fingerprint density at radius 1 is 1.07 bits per heavy atom. The number of fused-ring (bicyclic) bond motifs is 1. The molecule has 0 radical (unpaired) electrons. The van der Waals surface area contributed by atoms with E-state index in [1.807, 2.05) is 6.92 Å². The van der Waals surface area contributed by atoms with Gasteiger partial charge in [0.05, 0.1) is 27.0 Å². The number of benzene rings is 1. The molecule has 10 heteroatoms. The molecule has 3 rings (SSSR count). The van der Waals surface area contributed by atoms with Crippen LogP contribution in [0.15, 0.2) is 23.0 Å². The number of nitrogens with zero attached hydrogens (tertiary/aromatic N) is 3. The van der Waals surface area contributed by atoms with Gasteiger partial charge in [-0.1, -0.05) is 18.3 Å². The SMILES string of the molecule is CCc1nn2c(=O)cc(COC(=O)c3cc(OC)c(OC)cc3OC)nc2s1. The van der Waals surface area contributed by atoms with E-state index < -0.39 is 5.97 Å². The Bertz CT molecular complexity index is 1080. The quantitative estimate of drug-likeness (QED) is 0.551. The predicted octanol–water partition coefficient (Wildman–Crippen LogP) is 2.10. The van der Waals surface area contributed by atoms with Gasteiger partial charge in [0, 0.05) is 18.2 Å². The molecule has 0 bridgehead atoms. The van der Waals surface area contributed by atoms with Crippen LogP contribution in [0.4, 0.5) is 0 Å². The van der Waals surface area contributed by atoms with E-state index in [-0.39, 0.29) is 23.5 Å². The van der Waals surface area contributed by atoms with Crippen LogP contribution >= 0.6 is 11.3 Å². The van der Waals surface area contributed by atoms with Crippen molar-refractivity contribution in [3.05, 3.63) is 44.8 Å². The van der Waals surface area contributed by atoms with Gasteiger partial charge in [0.15, 0.2) is 11.5 Å². The molecular formula is C18H19N3O6S. The Kier molecular flexibility index (Phi) is 5.78. The monoisotopic (exact) mass is 405 g/mol. The third-order valence-corrected chi connectivity index (χ3v) is 4.97. The first-order valence-corrected chi connectivity index (χ1v) is 9.18. The number of carbonyl (C=O) groups is 1. The molecule has 0 aliphatic carbocycles. The van der Waals surface area contributed by atoms with Crippen molar-refractivity contribution in [3.63, 3.8) is 0 Å². The van der Waals surface area contributed by atoms with Crippen LogP contribution in [0.2, 0.25) is 0 Å².